The van der Waals surface area contributed by atoms with Gasteiger partial charge in [-0.3, -0.25) is 4.90 Å². The van der Waals surface area contributed by atoms with Crippen molar-refractivity contribution in [3.05, 3.63) is 65.7 Å². The number of urea groups is 1. The van der Waals surface area contributed by atoms with Gasteiger partial charge in [-0.1, -0.05) is 48.0 Å². The summed E-state index contributed by atoms with van der Waals surface area (Å²) in [6.45, 7) is 6.92. The molecule has 1 atom stereocenters. The zero-order valence-corrected chi connectivity index (χ0v) is 16.4. The van der Waals surface area contributed by atoms with Crippen molar-refractivity contribution in [1.29, 1.82) is 0 Å². The highest BCUT2D eigenvalue weighted by Gasteiger charge is 2.19. The van der Waals surface area contributed by atoms with Gasteiger partial charge in [0.2, 0.25) is 0 Å². The number of carbonyl (C=O) groups excluding carboxylic acids is 1. The predicted octanol–water partition coefficient (Wildman–Crippen LogP) is 2.75. The fourth-order valence-corrected chi connectivity index (χ4v) is 3.14. The summed E-state index contributed by atoms with van der Waals surface area (Å²) in [5.41, 5.74) is 2.29. The Morgan fingerprint density at radius 2 is 1.82 bits per heavy atom. The van der Waals surface area contributed by atoms with Gasteiger partial charge in [-0.25, -0.2) is 4.79 Å². The number of hydrogen-bond acceptors (Lipinski definition) is 4. The molecule has 6 heteroatoms. The molecule has 28 heavy (non-hydrogen) atoms. The number of carbonyl (C=O) groups is 1. The van der Waals surface area contributed by atoms with Gasteiger partial charge in [0.25, 0.3) is 0 Å². The Kier molecular flexibility index (Phi) is 7.70. The molecule has 2 N–H and O–H groups in total. The van der Waals surface area contributed by atoms with Crippen LogP contribution in [0.4, 0.5) is 4.79 Å². The molecule has 2 amide bonds. The first-order valence-corrected chi connectivity index (χ1v) is 9.79. The van der Waals surface area contributed by atoms with Crippen LogP contribution in [0.15, 0.2) is 54.6 Å². The molecular formula is C22H29N3O3. The second-order valence-corrected chi connectivity index (χ2v) is 6.94. The summed E-state index contributed by atoms with van der Waals surface area (Å²) in [5, 5.41) is 5.98. The lowest BCUT2D eigenvalue weighted by Gasteiger charge is -2.31. The summed E-state index contributed by atoms with van der Waals surface area (Å²) < 4.78 is 11.1. The van der Waals surface area contributed by atoms with Gasteiger partial charge in [0, 0.05) is 19.6 Å². The highest BCUT2D eigenvalue weighted by molar-refractivity contribution is 5.74. The number of aryl methyl sites for hydroxylation is 1. The Hall–Kier alpha value is -2.57. The Balaban J connectivity index is 1.47. The maximum Gasteiger partial charge on any atom is 0.315 e. The molecule has 1 saturated heterocycles. The highest BCUT2D eigenvalue weighted by Crippen LogP contribution is 2.15. The monoisotopic (exact) mass is 383 g/mol. The number of nitrogens with zero attached hydrogens (tertiary/aromatic N) is 1. The number of nitrogens with one attached hydrogen (secondary N) is 2. The number of rotatable bonds is 8. The van der Waals surface area contributed by atoms with E-state index in [0.29, 0.717) is 13.2 Å². The molecule has 1 unspecified atom stereocenters. The standard InChI is InChI=1S/C22H29N3O3/c1-18-7-9-20(10-8-18)28-14-11-23-22(26)24-21(19-5-3-2-4-6-19)17-25-12-15-27-16-13-25/h2-10,21H,11-17H2,1H3,(H2,23,24,26). The molecule has 0 saturated carbocycles. The van der Waals surface area contributed by atoms with Crippen LogP contribution in [0, 0.1) is 6.92 Å². The van der Waals surface area contributed by atoms with E-state index in [9.17, 15) is 4.79 Å². The maximum atomic E-state index is 12.4. The second-order valence-electron chi connectivity index (χ2n) is 6.94. The van der Waals surface area contributed by atoms with Crippen molar-refractivity contribution >= 4 is 6.03 Å². The lowest BCUT2D eigenvalue weighted by Crippen LogP contribution is -2.46. The van der Waals surface area contributed by atoms with E-state index in [0.717, 1.165) is 44.2 Å². The second kappa shape index (κ2) is 10.7. The number of ether oxygens (including phenoxy) is 2. The lowest BCUT2D eigenvalue weighted by molar-refractivity contribution is 0.0339. The number of morpholine rings is 1. The quantitative estimate of drug-likeness (QED) is 0.688. The minimum Gasteiger partial charge on any atom is -0.492 e. The topological polar surface area (TPSA) is 62.8 Å². The minimum absolute atomic E-state index is 0.0719. The van der Waals surface area contributed by atoms with Gasteiger partial charge < -0.3 is 20.1 Å². The van der Waals surface area contributed by atoms with E-state index in [2.05, 4.69) is 15.5 Å². The summed E-state index contributed by atoms with van der Waals surface area (Å²) in [5.74, 6) is 0.808. The van der Waals surface area contributed by atoms with Crippen molar-refractivity contribution in [3.8, 4) is 5.75 Å². The molecule has 1 heterocycles. The zero-order chi connectivity index (χ0) is 19.6. The minimum atomic E-state index is -0.186. The van der Waals surface area contributed by atoms with E-state index in [1.165, 1.54) is 5.56 Å². The van der Waals surface area contributed by atoms with E-state index in [4.69, 9.17) is 9.47 Å². The molecule has 0 aliphatic carbocycles. The van der Waals surface area contributed by atoms with Gasteiger partial charge >= 0.3 is 6.03 Å². The summed E-state index contributed by atoms with van der Waals surface area (Å²) >= 11 is 0. The normalized spacial score (nSPS) is 15.6. The van der Waals surface area contributed by atoms with Crippen LogP contribution in [0.3, 0.4) is 0 Å². The van der Waals surface area contributed by atoms with E-state index in [1.54, 1.807) is 0 Å². The largest absolute Gasteiger partial charge is 0.492 e. The molecule has 1 fully saturated rings. The number of hydrogen-bond donors (Lipinski definition) is 2. The molecule has 3 rings (SSSR count). The first-order valence-electron chi connectivity index (χ1n) is 9.79. The molecule has 1 aliphatic rings. The van der Waals surface area contributed by atoms with E-state index in [1.807, 2.05) is 61.5 Å². The number of amides is 2. The molecule has 0 bridgehead atoms. The molecule has 2 aromatic carbocycles. The fourth-order valence-electron chi connectivity index (χ4n) is 3.14. The molecule has 6 nitrogen and oxygen atoms in total. The average molecular weight is 383 g/mol. The third kappa shape index (κ3) is 6.55. The van der Waals surface area contributed by atoms with Gasteiger partial charge in [-0.15, -0.1) is 0 Å². The van der Waals surface area contributed by atoms with Crippen LogP contribution < -0.4 is 15.4 Å². The van der Waals surface area contributed by atoms with Gasteiger partial charge in [-0.2, -0.15) is 0 Å². The molecule has 0 spiro atoms. The summed E-state index contributed by atoms with van der Waals surface area (Å²) in [6.07, 6.45) is 0. The lowest BCUT2D eigenvalue weighted by atomic mass is 10.1. The number of benzene rings is 2. The van der Waals surface area contributed by atoms with Crippen LogP contribution in [0.5, 0.6) is 5.75 Å². The van der Waals surface area contributed by atoms with Crippen molar-refractivity contribution in [1.82, 2.24) is 15.5 Å². The third-order valence-corrected chi connectivity index (χ3v) is 4.73. The zero-order valence-electron chi connectivity index (χ0n) is 16.4. The Morgan fingerprint density at radius 1 is 1.11 bits per heavy atom. The Bertz CT molecular complexity index is 716. The Labute approximate surface area is 166 Å². The molecule has 0 aromatic heterocycles. The molecule has 1 aliphatic heterocycles. The SMILES string of the molecule is Cc1ccc(OCCNC(=O)NC(CN2CCOCC2)c2ccccc2)cc1. The van der Waals surface area contributed by atoms with Crippen molar-refractivity contribution in [2.24, 2.45) is 0 Å². The molecule has 0 radical (unpaired) electrons. The van der Waals surface area contributed by atoms with Crippen LogP contribution in [0.2, 0.25) is 0 Å². The first-order chi connectivity index (χ1) is 13.7. The van der Waals surface area contributed by atoms with Gasteiger partial charge in [0.15, 0.2) is 0 Å². The third-order valence-electron chi connectivity index (χ3n) is 4.73. The maximum absolute atomic E-state index is 12.4. The molecular weight excluding hydrogens is 354 g/mol. The Morgan fingerprint density at radius 3 is 2.54 bits per heavy atom. The average Bonchev–Trinajstić information content (AvgIpc) is 2.73. The van der Waals surface area contributed by atoms with Crippen LogP contribution in [0.1, 0.15) is 17.2 Å². The van der Waals surface area contributed by atoms with Crippen LogP contribution in [-0.2, 0) is 4.74 Å². The van der Waals surface area contributed by atoms with Crippen molar-refractivity contribution in [3.63, 3.8) is 0 Å². The van der Waals surface area contributed by atoms with Crippen molar-refractivity contribution in [2.45, 2.75) is 13.0 Å². The van der Waals surface area contributed by atoms with Crippen LogP contribution in [0.25, 0.3) is 0 Å². The van der Waals surface area contributed by atoms with Crippen LogP contribution in [-0.4, -0.2) is 56.9 Å². The molecule has 2 aromatic rings. The smallest absolute Gasteiger partial charge is 0.315 e. The highest BCUT2D eigenvalue weighted by atomic mass is 16.5. The molecule has 150 valence electrons. The summed E-state index contributed by atoms with van der Waals surface area (Å²) in [7, 11) is 0. The van der Waals surface area contributed by atoms with E-state index < -0.39 is 0 Å². The van der Waals surface area contributed by atoms with Gasteiger partial charge in [0.05, 0.1) is 25.8 Å². The summed E-state index contributed by atoms with van der Waals surface area (Å²) in [6, 6.07) is 17.7. The van der Waals surface area contributed by atoms with Crippen LogP contribution >= 0.6 is 0 Å². The van der Waals surface area contributed by atoms with Gasteiger partial charge in [-0.05, 0) is 24.6 Å². The summed E-state index contributed by atoms with van der Waals surface area (Å²) in [4.78, 5) is 14.7. The first kappa shape index (κ1) is 20.2. The van der Waals surface area contributed by atoms with Crippen molar-refractivity contribution in [2.75, 3.05) is 46.0 Å². The van der Waals surface area contributed by atoms with Crippen molar-refractivity contribution < 1.29 is 14.3 Å². The predicted molar refractivity (Wildman–Crippen MR) is 110 cm³/mol. The van der Waals surface area contributed by atoms with E-state index in [-0.39, 0.29) is 12.1 Å². The fraction of sp³-hybridized carbons (Fsp3) is 0.409. The van der Waals surface area contributed by atoms with Gasteiger partial charge in [0.1, 0.15) is 12.4 Å². The van der Waals surface area contributed by atoms with E-state index >= 15 is 0 Å².